The third-order valence-corrected chi connectivity index (χ3v) is 3.78. The van der Waals surface area contributed by atoms with Crippen molar-refractivity contribution in [1.29, 1.82) is 0 Å². The number of anilines is 1. The predicted octanol–water partition coefficient (Wildman–Crippen LogP) is 3.32. The minimum atomic E-state index is -0.0732. The number of carbonyl (C=O) groups is 1. The van der Waals surface area contributed by atoms with Crippen LogP contribution in [0.25, 0.3) is 0 Å². The van der Waals surface area contributed by atoms with Crippen molar-refractivity contribution >= 4 is 11.7 Å². The normalized spacial score (nSPS) is 23.0. The van der Waals surface area contributed by atoms with Gasteiger partial charge in [-0.25, -0.2) is 0 Å². The summed E-state index contributed by atoms with van der Waals surface area (Å²) in [5, 5.41) is 0. The number of nitrogens with two attached hydrogens (primary N) is 1. The van der Waals surface area contributed by atoms with E-state index in [9.17, 15) is 4.79 Å². The molecule has 0 heterocycles. The van der Waals surface area contributed by atoms with Crippen LogP contribution in [0, 0.1) is 5.92 Å². The van der Waals surface area contributed by atoms with Gasteiger partial charge in [-0.15, -0.1) is 0 Å². The van der Waals surface area contributed by atoms with Gasteiger partial charge in [-0.2, -0.15) is 0 Å². The van der Waals surface area contributed by atoms with E-state index >= 15 is 0 Å². The van der Waals surface area contributed by atoms with Gasteiger partial charge in [0.05, 0.1) is 0 Å². The minimum Gasteiger partial charge on any atom is -0.462 e. The topological polar surface area (TPSA) is 52.3 Å². The zero-order chi connectivity index (χ0) is 13.7. The van der Waals surface area contributed by atoms with Crippen LogP contribution in [0.3, 0.4) is 0 Å². The lowest BCUT2D eigenvalue weighted by Crippen LogP contribution is -2.24. The van der Waals surface area contributed by atoms with E-state index < -0.39 is 0 Å². The van der Waals surface area contributed by atoms with Gasteiger partial charge in [0.2, 0.25) is 0 Å². The van der Waals surface area contributed by atoms with Gasteiger partial charge in [-0.05, 0) is 49.3 Å². The average molecular weight is 261 g/mol. The fourth-order valence-electron chi connectivity index (χ4n) is 2.66. The summed E-state index contributed by atoms with van der Waals surface area (Å²) >= 11 is 0. The average Bonchev–Trinajstić information content (AvgIpc) is 2.38. The van der Waals surface area contributed by atoms with E-state index in [1.54, 1.807) is 0 Å². The van der Waals surface area contributed by atoms with E-state index in [0.29, 0.717) is 12.3 Å². The Morgan fingerprint density at radius 3 is 2.74 bits per heavy atom. The van der Waals surface area contributed by atoms with E-state index in [1.165, 1.54) is 12.8 Å². The maximum Gasteiger partial charge on any atom is 0.306 e. The number of hydrogen-bond acceptors (Lipinski definition) is 3. The van der Waals surface area contributed by atoms with Gasteiger partial charge in [0.15, 0.2) is 0 Å². The van der Waals surface area contributed by atoms with E-state index in [-0.39, 0.29) is 12.1 Å². The zero-order valence-electron chi connectivity index (χ0n) is 11.6. The lowest BCUT2D eigenvalue weighted by Gasteiger charge is -2.26. The van der Waals surface area contributed by atoms with Crippen molar-refractivity contribution in [1.82, 2.24) is 0 Å². The van der Waals surface area contributed by atoms with Gasteiger partial charge in [-0.1, -0.05) is 25.5 Å². The molecule has 0 amide bonds. The molecule has 2 atom stereocenters. The second-order valence-corrected chi connectivity index (χ2v) is 5.63. The number of benzene rings is 1. The molecule has 1 aliphatic carbocycles. The molecule has 1 fully saturated rings. The summed E-state index contributed by atoms with van der Waals surface area (Å²) < 4.78 is 5.54. The smallest absolute Gasteiger partial charge is 0.306 e. The van der Waals surface area contributed by atoms with Crippen molar-refractivity contribution in [2.75, 3.05) is 5.73 Å². The highest BCUT2D eigenvalue weighted by molar-refractivity contribution is 5.70. The molecule has 1 aliphatic rings. The van der Waals surface area contributed by atoms with E-state index in [2.05, 4.69) is 6.92 Å². The second-order valence-electron chi connectivity index (χ2n) is 5.63. The Hall–Kier alpha value is -1.51. The second kappa shape index (κ2) is 6.60. The number of aryl methyl sites for hydroxylation is 1. The molecular formula is C16H23NO2. The molecule has 0 radical (unpaired) electrons. The molecule has 0 saturated heterocycles. The van der Waals surface area contributed by atoms with E-state index in [4.69, 9.17) is 10.5 Å². The van der Waals surface area contributed by atoms with Crippen molar-refractivity contribution in [3.63, 3.8) is 0 Å². The highest BCUT2D eigenvalue weighted by atomic mass is 16.5. The van der Waals surface area contributed by atoms with Crippen LogP contribution >= 0.6 is 0 Å². The van der Waals surface area contributed by atoms with Gasteiger partial charge < -0.3 is 10.5 Å². The third-order valence-electron chi connectivity index (χ3n) is 3.78. The fraction of sp³-hybridized carbons (Fsp3) is 0.562. The summed E-state index contributed by atoms with van der Waals surface area (Å²) in [6, 6.07) is 7.66. The van der Waals surface area contributed by atoms with Gasteiger partial charge in [0.25, 0.3) is 0 Å². The Labute approximate surface area is 115 Å². The first-order valence-electron chi connectivity index (χ1n) is 7.17. The number of rotatable bonds is 4. The summed E-state index contributed by atoms with van der Waals surface area (Å²) in [7, 11) is 0. The van der Waals surface area contributed by atoms with Crippen molar-refractivity contribution in [3.8, 4) is 0 Å². The van der Waals surface area contributed by atoms with Crippen molar-refractivity contribution in [2.24, 2.45) is 5.92 Å². The number of carbonyl (C=O) groups excluding carboxylic acids is 1. The first-order valence-corrected chi connectivity index (χ1v) is 7.17. The van der Waals surface area contributed by atoms with Crippen molar-refractivity contribution < 1.29 is 9.53 Å². The number of esters is 1. The van der Waals surface area contributed by atoms with Crippen LogP contribution in [0.1, 0.15) is 44.6 Å². The molecule has 1 aromatic carbocycles. The summed E-state index contributed by atoms with van der Waals surface area (Å²) in [4.78, 5) is 11.8. The Bertz CT molecular complexity index is 413. The zero-order valence-corrected chi connectivity index (χ0v) is 11.6. The molecule has 0 spiro atoms. The van der Waals surface area contributed by atoms with Crippen LogP contribution in [-0.4, -0.2) is 12.1 Å². The molecule has 0 bridgehead atoms. The molecule has 2 unspecified atom stereocenters. The quantitative estimate of drug-likeness (QED) is 0.668. The van der Waals surface area contributed by atoms with Gasteiger partial charge in [0.1, 0.15) is 6.10 Å². The van der Waals surface area contributed by atoms with Crippen LogP contribution in [-0.2, 0) is 16.0 Å². The Morgan fingerprint density at radius 2 is 2.05 bits per heavy atom. The van der Waals surface area contributed by atoms with Crippen LogP contribution in [0.15, 0.2) is 24.3 Å². The molecule has 2 rings (SSSR count). The highest BCUT2D eigenvalue weighted by Crippen LogP contribution is 2.26. The minimum absolute atomic E-state index is 0.0732. The van der Waals surface area contributed by atoms with Crippen molar-refractivity contribution in [3.05, 3.63) is 29.8 Å². The highest BCUT2D eigenvalue weighted by Gasteiger charge is 2.21. The Balaban J connectivity index is 1.73. The number of nitrogen functional groups attached to an aromatic ring is 1. The summed E-state index contributed by atoms with van der Waals surface area (Å²) in [5.74, 6) is 0.611. The third kappa shape index (κ3) is 4.58. The lowest BCUT2D eigenvalue weighted by atomic mass is 9.89. The molecule has 19 heavy (non-hydrogen) atoms. The summed E-state index contributed by atoms with van der Waals surface area (Å²) in [5.41, 5.74) is 7.51. The SMILES string of the molecule is CC1CCCC(OC(=O)CCc2ccc(N)cc2)C1. The standard InChI is InChI=1S/C16H23NO2/c1-12-3-2-4-15(11-12)19-16(18)10-7-13-5-8-14(17)9-6-13/h5-6,8-9,12,15H,2-4,7,10-11,17H2,1H3. The molecule has 104 valence electrons. The molecule has 0 aromatic heterocycles. The van der Waals surface area contributed by atoms with Crippen LogP contribution in [0.4, 0.5) is 5.69 Å². The van der Waals surface area contributed by atoms with Gasteiger partial charge >= 0.3 is 5.97 Å². The van der Waals surface area contributed by atoms with Crippen molar-refractivity contribution in [2.45, 2.75) is 51.6 Å². The first-order chi connectivity index (χ1) is 9.13. The Morgan fingerprint density at radius 1 is 1.32 bits per heavy atom. The molecule has 0 aliphatic heterocycles. The maximum absolute atomic E-state index is 11.8. The van der Waals surface area contributed by atoms with Crippen LogP contribution < -0.4 is 5.73 Å². The van der Waals surface area contributed by atoms with E-state index in [0.717, 1.165) is 30.5 Å². The molecule has 1 aromatic rings. The number of hydrogen-bond donors (Lipinski definition) is 1. The monoisotopic (exact) mass is 261 g/mol. The lowest BCUT2D eigenvalue weighted by molar-refractivity contribution is -0.151. The summed E-state index contributed by atoms with van der Waals surface area (Å²) in [6.07, 6.45) is 5.81. The largest absolute Gasteiger partial charge is 0.462 e. The predicted molar refractivity (Wildman–Crippen MR) is 76.7 cm³/mol. The number of ether oxygens (including phenoxy) is 1. The van der Waals surface area contributed by atoms with Gasteiger partial charge in [0, 0.05) is 12.1 Å². The molecular weight excluding hydrogens is 238 g/mol. The summed E-state index contributed by atoms with van der Waals surface area (Å²) in [6.45, 7) is 2.23. The maximum atomic E-state index is 11.8. The first kappa shape index (κ1) is 13.9. The van der Waals surface area contributed by atoms with Crippen LogP contribution in [0.2, 0.25) is 0 Å². The molecule has 3 nitrogen and oxygen atoms in total. The van der Waals surface area contributed by atoms with E-state index in [1.807, 2.05) is 24.3 Å². The van der Waals surface area contributed by atoms with Gasteiger partial charge in [-0.3, -0.25) is 4.79 Å². The van der Waals surface area contributed by atoms with Crippen LogP contribution in [0.5, 0.6) is 0 Å². The molecule has 2 N–H and O–H groups in total. The Kier molecular flexibility index (Phi) is 4.83. The molecule has 1 saturated carbocycles. The molecule has 3 heteroatoms. The fourth-order valence-corrected chi connectivity index (χ4v) is 2.66.